The number of amides is 2. The number of ether oxygens (including phenoxy) is 1. The van der Waals surface area contributed by atoms with E-state index >= 15 is 0 Å². The van der Waals surface area contributed by atoms with Gasteiger partial charge in [-0.1, -0.05) is 13.8 Å². The fourth-order valence-electron chi connectivity index (χ4n) is 2.97. The number of anilines is 1. The number of thiophene rings is 1. The molecular formula is C19H27N3O3S. The minimum atomic E-state index is -0.543. The summed E-state index contributed by atoms with van der Waals surface area (Å²) in [5.41, 5.74) is 0.935. The van der Waals surface area contributed by atoms with Crippen molar-refractivity contribution in [2.75, 3.05) is 11.9 Å². The molecule has 1 aromatic rings. The Labute approximate surface area is 159 Å². The van der Waals surface area contributed by atoms with Crippen LogP contribution in [0.15, 0.2) is 0 Å². The van der Waals surface area contributed by atoms with Gasteiger partial charge in [0.15, 0.2) is 0 Å². The second-order valence-electron chi connectivity index (χ2n) is 7.47. The first-order valence-electron chi connectivity index (χ1n) is 9.03. The molecule has 142 valence electrons. The second-order valence-corrected chi connectivity index (χ2v) is 8.58. The van der Waals surface area contributed by atoms with Crippen molar-refractivity contribution in [3.05, 3.63) is 16.0 Å². The Bertz CT molecular complexity index is 724. The summed E-state index contributed by atoms with van der Waals surface area (Å²) >= 11 is 1.39. The van der Waals surface area contributed by atoms with Crippen molar-refractivity contribution in [2.24, 2.45) is 5.92 Å². The Morgan fingerprint density at radius 2 is 2.00 bits per heavy atom. The van der Waals surface area contributed by atoms with Crippen molar-refractivity contribution in [2.45, 2.75) is 66.0 Å². The lowest BCUT2D eigenvalue weighted by Crippen LogP contribution is -2.39. The van der Waals surface area contributed by atoms with Gasteiger partial charge in [-0.2, -0.15) is 5.26 Å². The first kappa shape index (κ1) is 20.2. The largest absolute Gasteiger partial charge is 0.444 e. The highest BCUT2D eigenvalue weighted by molar-refractivity contribution is 7.16. The van der Waals surface area contributed by atoms with Gasteiger partial charge >= 0.3 is 6.09 Å². The monoisotopic (exact) mass is 377 g/mol. The SMILES string of the molecule is CCC(CC)C(=O)Nc1sc2c(c1C#N)CCN(C(=O)OC(C)(C)C)C2. The van der Waals surface area contributed by atoms with Crippen molar-refractivity contribution in [1.29, 1.82) is 5.26 Å². The molecule has 2 heterocycles. The molecule has 0 fully saturated rings. The summed E-state index contributed by atoms with van der Waals surface area (Å²) in [5.74, 6) is -0.104. The van der Waals surface area contributed by atoms with Gasteiger partial charge in [0.05, 0.1) is 12.1 Å². The van der Waals surface area contributed by atoms with Gasteiger partial charge in [-0.15, -0.1) is 11.3 Å². The average molecular weight is 378 g/mol. The third-order valence-corrected chi connectivity index (χ3v) is 5.55. The maximum atomic E-state index is 12.4. The van der Waals surface area contributed by atoms with E-state index in [1.54, 1.807) is 4.90 Å². The average Bonchev–Trinajstić information content (AvgIpc) is 2.90. The minimum Gasteiger partial charge on any atom is -0.444 e. The Kier molecular flexibility index (Phi) is 6.30. The molecule has 0 unspecified atom stereocenters. The zero-order chi connectivity index (χ0) is 19.5. The molecule has 1 aliphatic rings. The van der Waals surface area contributed by atoms with Crippen molar-refractivity contribution in [3.63, 3.8) is 0 Å². The standard InChI is InChI=1S/C19H27N3O3S/c1-6-12(7-2)16(23)21-17-14(10-20)13-8-9-22(11-15(13)26-17)18(24)25-19(3,4)5/h12H,6-9,11H2,1-5H3,(H,21,23). The highest BCUT2D eigenvalue weighted by Gasteiger charge is 2.30. The molecule has 0 saturated carbocycles. The van der Waals surface area contributed by atoms with Crippen LogP contribution in [0.25, 0.3) is 0 Å². The maximum Gasteiger partial charge on any atom is 0.410 e. The van der Waals surface area contributed by atoms with E-state index in [1.807, 2.05) is 34.6 Å². The van der Waals surface area contributed by atoms with Crippen molar-refractivity contribution in [1.82, 2.24) is 4.90 Å². The summed E-state index contributed by atoms with van der Waals surface area (Å²) in [6, 6.07) is 2.23. The quantitative estimate of drug-likeness (QED) is 0.848. The molecule has 1 aromatic heterocycles. The van der Waals surface area contributed by atoms with Crippen LogP contribution in [0, 0.1) is 17.2 Å². The molecule has 0 saturated heterocycles. The van der Waals surface area contributed by atoms with Gasteiger partial charge in [0.1, 0.15) is 16.7 Å². The normalized spacial score (nSPS) is 14.0. The lowest BCUT2D eigenvalue weighted by Gasteiger charge is -2.29. The molecule has 1 N–H and O–H groups in total. The fourth-order valence-corrected chi connectivity index (χ4v) is 4.18. The highest BCUT2D eigenvalue weighted by Crippen LogP contribution is 2.37. The van der Waals surface area contributed by atoms with E-state index in [-0.39, 0.29) is 17.9 Å². The van der Waals surface area contributed by atoms with Crippen LogP contribution < -0.4 is 5.32 Å². The van der Waals surface area contributed by atoms with Crippen molar-refractivity contribution in [3.8, 4) is 6.07 Å². The summed E-state index contributed by atoms with van der Waals surface area (Å²) in [4.78, 5) is 27.3. The van der Waals surface area contributed by atoms with E-state index in [9.17, 15) is 14.9 Å². The lowest BCUT2D eigenvalue weighted by molar-refractivity contribution is -0.120. The van der Waals surface area contributed by atoms with Gasteiger partial charge < -0.3 is 15.0 Å². The molecular weight excluding hydrogens is 350 g/mol. The van der Waals surface area contributed by atoms with Crippen molar-refractivity contribution >= 4 is 28.3 Å². The highest BCUT2D eigenvalue weighted by atomic mass is 32.1. The maximum absolute atomic E-state index is 12.4. The Morgan fingerprint density at radius 1 is 1.35 bits per heavy atom. The third-order valence-electron chi connectivity index (χ3n) is 4.41. The van der Waals surface area contributed by atoms with E-state index in [0.717, 1.165) is 23.3 Å². The first-order chi connectivity index (χ1) is 12.2. The van der Waals surface area contributed by atoms with Crippen LogP contribution in [-0.2, 0) is 22.5 Å². The summed E-state index contributed by atoms with van der Waals surface area (Å²) in [6.07, 6.45) is 1.77. The summed E-state index contributed by atoms with van der Waals surface area (Å²) in [5, 5.41) is 13.1. The number of hydrogen-bond acceptors (Lipinski definition) is 5. The molecule has 0 bridgehead atoms. The van der Waals surface area contributed by atoms with Gasteiger partial charge in [-0.25, -0.2) is 4.79 Å². The van der Waals surface area contributed by atoms with Gasteiger partial charge in [0.25, 0.3) is 0 Å². The molecule has 0 spiro atoms. The van der Waals surface area contributed by atoms with Gasteiger partial charge in [-0.3, -0.25) is 4.79 Å². The van der Waals surface area contributed by atoms with Crippen LogP contribution in [0.5, 0.6) is 0 Å². The number of rotatable bonds is 4. The molecule has 6 nitrogen and oxygen atoms in total. The number of carbonyl (C=O) groups is 2. The number of fused-ring (bicyclic) bond motifs is 1. The number of hydrogen-bond donors (Lipinski definition) is 1. The Hall–Kier alpha value is -2.07. The molecule has 0 atom stereocenters. The van der Waals surface area contributed by atoms with Gasteiger partial charge in [0, 0.05) is 17.3 Å². The van der Waals surface area contributed by atoms with E-state index < -0.39 is 5.60 Å². The van der Waals surface area contributed by atoms with E-state index in [1.165, 1.54) is 11.3 Å². The molecule has 0 radical (unpaired) electrons. The molecule has 2 amide bonds. The van der Waals surface area contributed by atoms with Crippen LogP contribution in [0.1, 0.15) is 63.5 Å². The topological polar surface area (TPSA) is 82.4 Å². The van der Waals surface area contributed by atoms with Crippen LogP contribution in [-0.4, -0.2) is 29.0 Å². The zero-order valence-electron chi connectivity index (χ0n) is 16.1. The zero-order valence-corrected chi connectivity index (χ0v) is 17.0. The number of nitriles is 1. The molecule has 7 heteroatoms. The summed E-state index contributed by atoms with van der Waals surface area (Å²) in [6.45, 7) is 10.4. The predicted octanol–water partition coefficient (Wildman–Crippen LogP) is 4.29. The molecule has 2 rings (SSSR count). The Balaban J connectivity index is 2.19. The molecule has 0 aliphatic carbocycles. The third kappa shape index (κ3) is 4.55. The van der Waals surface area contributed by atoms with Gasteiger partial charge in [-0.05, 0) is 45.6 Å². The van der Waals surface area contributed by atoms with Crippen LogP contribution in [0.4, 0.5) is 9.80 Å². The molecule has 1 aliphatic heterocycles. The van der Waals surface area contributed by atoms with Crippen LogP contribution >= 0.6 is 11.3 Å². The lowest BCUT2D eigenvalue weighted by atomic mass is 10.0. The van der Waals surface area contributed by atoms with E-state index in [4.69, 9.17) is 4.74 Å². The molecule has 0 aromatic carbocycles. The van der Waals surface area contributed by atoms with E-state index in [2.05, 4.69) is 11.4 Å². The minimum absolute atomic E-state index is 0.0471. The predicted molar refractivity (Wildman–Crippen MR) is 102 cm³/mol. The first-order valence-corrected chi connectivity index (χ1v) is 9.85. The summed E-state index contributed by atoms with van der Waals surface area (Å²) in [7, 11) is 0. The van der Waals surface area contributed by atoms with Crippen molar-refractivity contribution < 1.29 is 14.3 Å². The smallest absolute Gasteiger partial charge is 0.410 e. The number of nitrogens with one attached hydrogen (secondary N) is 1. The Morgan fingerprint density at radius 3 is 2.54 bits per heavy atom. The second kappa shape index (κ2) is 8.09. The molecule has 26 heavy (non-hydrogen) atoms. The van der Waals surface area contributed by atoms with Crippen LogP contribution in [0.2, 0.25) is 0 Å². The number of carbonyl (C=O) groups excluding carboxylic acids is 2. The van der Waals surface area contributed by atoms with Crippen LogP contribution in [0.3, 0.4) is 0 Å². The van der Waals surface area contributed by atoms with Gasteiger partial charge in [0.2, 0.25) is 5.91 Å². The summed E-state index contributed by atoms with van der Waals surface area (Å²) < 4.78 is 5.44. The van der Waals surface area contributed by atoms with E-state index in [0.29, 0.717) is 30.1 Å². The number of nitrogens with zero attached hydrogens (tertiary/aromatic N) is 2. The fraction of sp³-hybridized carbons (Fsp3) is 0.632.